The van der Waals surface area contributed by atoms with Gasteiger partial charge in [0.2, 0.25) is 5.82 Å². The highest BCUT2D eigenvalue weighted by molar-refractivity contribution is 9.10. The van der Waals surface area contributed by atoms with Crippen molar-refractivity contribution in [2.45, 2.75) is 13.0 Å². The van der Waals surface area contributed by atoms with E-state index in [0.717, 1.165) is 10.0 Å². The number of ether oxygens (including phenoxy) is 1. The molecule has 0 fully saturated rings. The molecule has 0 unspecified atom stereocenters. The number of carbonyl (C=O) groups is 1. The van der Waals surface area contributed by atoms with E-state index in [-0.39, 0.29) is 30.7 Å². The Kier molecular flexibility index (Phi) is 5.00. The average Bonchev–Trinajstić information content (AvgIpc) is 3.05. The molecule has 3 rings (SSSR count). The predicted octanol–water partition coefficient (Wildman–Crippen LogP) is 3.92. The molecule has 1 heterocycles. The third-order valence-corrected chi connectivity index (χ3v) is 3.72. The summed E-state index contributed by atoms with van der Waals surface area (Å²) >= 11 is 3.33. The fourth-order valence-corrected chi connectivity index (χ4v) is 2.26. The van der Waals surface area contributed by atoms with E-state index in [9.17, 15) is 9.18 Å². The van der Waals surface area contributed by atoms with Gasteiger partial charge in [0, 0.05) is 10.0 Å². The van der Waals surface area contributed by atoms with Gasteiger partial charge in [-0.15, -0.1) is 0 Å². The van der Waals surface area contributed by atoms with Crippen molar-refractivity contribution in [3.63, 3.8) is 0 Å². The highest BCUT2D eigenvalue weighted by Gasteiger charge is 2.11. The summed E-state index contributed by atoms with van der Waals surface area (Å²) in [5.41, 5.74) is 1.47. The Bertz CT molecular complexity index is 832. The highest BCUT2D eigenvalue weighted by Crippen LogP contribution is 2.16. The van der Waals surface area contributed by atoms with Crippen molar-refractivity contribution in [1.82, 2.24) is 10.1 Å². The van der Waals surface area contributed by atoms with Gasteiger partial charge in [-0.05, 0) is 42.0 Å². The number of benzene rings is 2. The lowest BCUT2D eigenvalue weighted by Gasteiger charge is -2.02. The predicted molar refractivity (Wildman–Crippen MR) is 87.3 cm³/mol. The molecule has 24 heavy (non-hydrogen) atoms. The maximum atomic E-state index is 12.9. The molecule has 1 aromatic heterocycles. The molecule has 0 aliphatic carbocycles. The van der Waals surface area contributed by atoms with Crippen LogP contribution in [-0.4, -0.2) is 16.1 Å². The van der Waals surface area contributed by atoms with E-state index in [0.29, 0.717) is 11.4 Å². The van der Waals surface area contributed by atoms with E-state index in [1.165, 1.54) is 12.1 Å². The Morgan fingerprint density at radius 1 is 1.12 bits per heavy atom. The van der Waals surface area contributed by atoms with E-state index in [2.05, 4.69) is 26.1 Å². The minimum Gasteiger partial charge on any atom is -0.455 e. The lowest BCUT2D eigenvalue weighted by molar-refractivity contribution is -0.144. The van der Waals surface area contributed by atoms with Crippen molar-refractivity contribution in [3.8, 4) is 11.4 Å². The normalized spacial score (nSPS) is 10.6. The minimum absolute atomic E-state index is 0.108. The molecule has 5 nitrogen and oxygen atoms in total. The van der Waals surface area contributed by atoms with E-state index >= 15 is 0 Å². The lowest BCUT2D eigenvalue weighted by Crippen LogP contribution is -2.08. The number of rotatable bonds is 5. The van der Waals surface area contributed by atoms with E-state index in [4.69, 9.17) is 9.26 Å². The van der Waals surface area contributed by atoms with Gasteiger partial charge in [-0.1, -0.05) is 33.2 Å². The fraction of sp³-hybridized carbons (Fsp3) is 0.118. The maximum Gasteiger partial charge on any atom is 0.310 e. The smallest absolute Gasteiger partial charge is 0.310 e. The topological polar surface area (TPSA) is 65.2 Å². The first-order valence-corrected chi connectivity index (χ1v) is 7.88. The molecule has 0 radical (unpaired) electrons. The van der Waals surface area contributed by atoms with Crippen LogP contribution in [0, 0.1) is 5.82 Å². The zero-order valence-electron chi connectivity index (χ0n) is 12.4. The van der Waals surface area contributed by atoms with Gasteiger partial charge in [0.1, 0.15) is 5.82 Å². The quantitative estimate of drug-likeness (QED) is 0.617. The van der Waals surface area contributed by atoms with Crippen molar-refractivity contribution in [3.05, 3.63) is 70.3 Å². The molecular formula is C17H12BrFN2O3. The molecule has 0 saturated carbocycles. The molecular weight excluding hydrogens is 379 g/mol. The standard InChI is InChI=1S/C17H12BrFN2O3/c18-13-5-1-11(2-6-13)9-16(22)23-10-15-20-17(21-24-15)12-3-7-14(19)8-4-12/h1-8H,9-10H2. The monoisotopic (exact) mass is 390 g/mol. The van der Waals surface area contributed by atoms with Crippen LogP contribution in [0.3, 0.4) is 0 Å². The molecule has 3 aromatic rings. The molecule has 0 aliphatic rings. The van der Waals surface area contributed by atoms with Crippen LogP contribution in [0.5, 0.6) is 0 Å². The largest absolute Gasteiger partial charge is 0.455 e. The Balaban J connectivity index is 1.56. The number of carbonyl (C=O) groups excluding carboxylic acids is 1. The van der Waals surface area contributed by atoms with Crippen LogP contribution in [0.15, 0.2) is 57.5 Å². The van der Waals surface area contributed by atoms with Crippen molar-refractivity contribution >= 4 is 21.9 Å². The van der Waals surface area contributed by atoms with Gasteiger partial charge in [0.15, 0.2) is 6.61 Å². The number of hydrogen-bond acceptors (Lipinski definition) is 5. The summed E-state index contributed by atoms with van der Waals surface area (Å²) < 4.78 is 24.0. The highest BCUT2D eigenvalue weighted by atomic mass is 79.9. The summed E-state index contributed by atoms with van der Waals surface area (Å²) in [5, 5.41) is 3.78. The zero-order valence-corrected chi connectivity index (χ0v) is 14.0. The van der Waals surface area contributed by atoms with E-state index in [1.807, 2.05) is 24.3 Å². The van der Waals surface area contributed by atoms with E-state index in [1.54, 1.807) is 12.1 Å². The molecule has 0 atom stereocenters. The zero-order chi connectivity index (χ0) is 16.9. The average molecular weight is 391 g/mol. The van der Waals surface area contributed by atoms with Crippen molar-refractivity contribution in [2.24, 2.45) is 0 Å². The second-order valence-electron chi connectivity index (χ2n) is 4.98. The van der Waals surface area contributed by atoms with Gasteiger partial charge < -0.3 is 9.26 Å². The summed E-state index contributed by atoms with van der Waals surface area (Å²) in [6, 6.07) is 13.1. The van der Waals surface area contributed by atoms with Crippen LogP contribution < -0.4 is 0 Å². The van der Waals surface area contributed by atoms with Gasteiger partial charge in [0.05, 0.1) is 6.42 Å². The van der Waals surface area contributed by atoms with E-state index < -0.39 is 0 Å². The van der Waals surface area contributed by atoms with Gasteiger partial charge in [-0.25, -0.2) is 4.39 Å². The van der Waals surface area contributed by atoms with Gasteiger partial charge in [-0.2, -0.15) is 4.98 Å². The lowest BCUT2D eigenvalue weighted by atomic mass is 10.2. The molecule has 2 aromatic carbocycles. The Morgan fingerprint density at radius 2 is 1.83 bits per heavy atom. The maximum absolute atomic E-state index is 12.9. The first kappa shape index (κ1) is 16.3. The molecule has 0 aliphatic heterocycles. The number of esters is 1. The van der Waals surface area contributed by atoms with Crippen LogP contribution in [0.1, 0.15) is 11.5 Å². The first-order chi connectivity index (χ1) is 11.6. The first-order valence-electron chi connectivity index (χ1n) is 7.09. The van der Waals surface area contributed by atoms with Crippen LogP contribution in [0.4, 0.5) is 4.39 Å². The fourth-order valence-electron chi connectivity index (χ4n) is 1.99. The Hall–Kier alpha value is -2.54. The number of aromatic nitrogens is 2. The summed E-state index contributed by atoms with van der Waals surface area (Å²) in [6.45, 7) is -0.108. The molecule has 0 bridgehead atoms. The Labute approximate surface area is 145 Å². The van der Waals surface area contributed by atoms with Crippen LogP contribution in [0.25, 0.3) is 11.4 Å². The molecule has 0 spiro atoms. The van der Waals surface area contributed by atoms with Gasteiger partial charge in [0.25, 0.3) is 5.89 Å². The summed E-state index contributed by atoms with van der Waals surface area (Å²) in [4.78, 5) is 15.9. The van der Waals surface area contributed by atoms with Gasteiger partial charge >= 0.3 is 5.97 Å². The number of nitrogens with zero attached hydrogens (tertiary/aromatic N) is 2. The van der Waals surface area contributed by atoms with Crippen molar-refractivity contribution in [2.75, 3.05) is 0 Å². The summed E-state index contributed by atoms with van der Waals surface area (Å²) in [7, 11) is 0. The van der Waals surface area contributed by atoms with Crippen LogP contribution in [0.2, 0.25) is 0 Å². The third-order valence-electron chi connectivity index (χ3n) is 3.19. The third kappa shape index (κ3) is 4.26. The number of hydrogen-bond donors (Lipinski definition) is 0. The molecule has 0 saturated heterocycles. The van der Waals surface area contributed by atoms with Crippen LogP contribution >= 0.6 is 15.9 Å². The molecule has 122 valence electrons. The second kappa shape index (κ2) is 7.35. The molecule has 0 N–H and O–H groups in total. The van der Waals surface area contributed by atoms with Crippen LogP contribution in [-0.2, 0) is 22.6 Å². The summed E-state index contributed by atoms with van der Waals surface area (Å²) in [5.74, 6) is -0.240. The van der Waals surface area contributed by atoms with Crippen molar-refractivity contribution in [1.29, 1.82) is 0 Å². The van der Waals surface area contributed by atoms with Gasteiger partial charge in [-0.3, -0.25) is 4.79 Å². The summed E-state index contributed by atoms with van der Waals surface area (Å²) in [6.07, 6.45) is 0.159. The Morgan fingerprint density at radius 3 is 2.54 bits per heavy atom. The SMILES string of the molecule is O=C(Cc1ccc(Br)cc1)OCc1nc(-c2ccc(F)cc2)no1. The second-order valence-corrected chi connectivity index (χ2v) is 5.90. The molecule has 0 amide bonds. The van der Waals surface area contributed by atoms with Crippen molar-refractivity contribution < 1.29 is 18.4 Å². The number of halogens is 2. The minimum atomic E-state index is -0.390. The molecule has 7 heteroatoms.